The highest BCUT2D eigenvalue weighted by Gasteiger charge is 2.04. The van der Waals surface area contributed by atoms with Crippen LogP contribution in [0.1, 0.15) is 24.2 Å². The number of hydrogen-bond acceptors (Lipinski definition) is 4. The summed E-state index contributed by atoms with van der Waals surface area (Å²) in [6.07, 6.45) is 0. The summed E-state index contributed by atoms with van der Waals surface area (Å²) in [6, 6.07) is 6.86. The molecule has 5 heteroatoms. The lowest BCUT2D eigenvalue weighted by atomic mass is 10.2. The van der Waals surface area contributed by atoms with Gasteiger partial charge in [-0.25, -0.2) is 0 Å². The van der Waals surface area contributed by atoms with Crippen LogP contribution < -0.4 is 11.1 Å². The number of carbonyl (C=O) groups excluding carboxylic acids is 1. The van der Waals surface area contributed by atoms with E-state index in [-0.39, 0.29) is 5.91 Å². The zero-order chi connectivity index (χ0) is 14.8. The smallest absolute Gasteiger partial charge is 0.251 e. The van der Waals surface area contributed by atoms with Gasteiger partial charge >= 0.3 is 0 Å². The lowest BCUT2D eigenvalue weighted by Crippen LogP contribution is -2.30. The van der Waals surface area contributed by atoms with Gasteiger partial charge in [-0.15, -0.1) is 0 Å². The number of nitrogens with two attached hydrogens (primary N) is 1. The molecule has 0 aromatic heterocycles. The third-order valence-electron chi connectivity index (χ3n) is 3.15. The Hall–Kier alpha value is -1.59. The first-order valence-electron chi connectivity index (χ1n) is 7.11. The Bertz CT molecular complexity index is 389. The fraction of sp³-hybridized carbons (Fsp3) is 0.533. The number of nitrogens with zero attached hydrogens (tertiary/aromatic N) is 1. The summed E-state index contributed by atoms with van der Waals surface area (Å²) in [4.78, 5) is 14.1. The summed E-state index contributed by atoms with van der Waals surface area (Å²) >= 11 is 0. The molecule has 0 radical (unpaired) electrons. The van der Waals surface area contributed by atoms with Crippen LogP contribution in [-0.4, -0.2) is 50.2 Å². The highest BCUT2D eigenvalue weighted by molar-refractivity contribution is 5.94. The molecule has 1 rings (SSSR count). The van der Waals surface area contributed by atoms with Gasteiger partial charge in [-0.2, -0.15) is 0 Å². The number of nitrogen functional groups attached to an aromatic ring is 1. The minimum absolute atomic E-state index is 0.0997. The molecule has 20 heavy (non-hydrogen) atoms. The van der Waals surface area contributed by atoms with Crippen molar-refractivity contribution in [2.45, 2.75) is 13.8 Å². The van der Waals surface area contributed by atoms with Crippen LogP contribution in [0.4, 0.5) is 5.69 Å². The number of rotatable bonds is 9. The van der Waals surface area contributed by atoms with Gasteiger partial charge < -0.3 is 20.7 Å². The fourth-order valence-corrected chi connectivity index (χ4v) is 1.81. The molecular formula is C15H25N3O2. The van der Waals surface area contributed by atoms with Crippen LogP contribution in [-0.2, 0) is 4.74 Å². The van der Waals surface area contributed by atoms with E-state index < -0.39 is 0 Å². The van der Waals surface area contributed by atoms with E-state index in [9.17, 15) is 4.79 Å². The maximum atomic E-state index is 11.8. The van der Waals surface area contributed by atoms with E-state index in [4.69, 9.17) is 10.5 Å². The van der Waals surface area contributed by atoms with Crippen molar-refractivity contribution in [1.82, 2.24) is 10.2 Å². The second-order valence-electron chi connectivity index (χ2n) is 4.52. The second-order valence-corrected chi connectivity index (χ2v) is 4.52. The molecule has 0 saturated carbocycles. The number of carbonyl (C=O) groups is 1. The third-order valence-corrected chi connectivity index (χ3v) is 3.15. The fourth-order valence-electron chi connectivity index (χ4n) is 1.81. The predicted molar refractivity (Wildman–Crippen MR) is 81.8 cm³/mol. The molecule has 0 saturated heterocycles. The number of ether oxygens (including phenoxy) is 1. The van der Waals surface area contributed by atoms with E-state index in [2.05, 4.69) is 24.1 Å². The predicted octanol–water partition coefficient (Wildman–Crippen LogP) is 1.36. The molecule has 1 amide bonds. The molecule has 0 bridgehead atoms. The molecule has 0 atom stereocenters. The van der Waals surface area contributed by atoms with E-state index in [1.165, 1.54) is 0 Å². The van der Waals surface area contributed by atoms with E-state index in [0.29, 0.717) is 31.0 Å². The average Bonchev–Trinajstić information content (AvgIpc) is 2.47. The molecule has 0 heterocycles. The highest BCUT2D eigenvalue weighted by Crippen LogP contribution is 2.04. The normalized spacial score (nSPS) is 10.8. The summed E-state index contributed by atoms with van der Waals surface area (Å²) in [5.74, 6) is -0.0997. The molecule has 0 unspecified atom stereocenters. The van der Waals surface area contributed by atoms with Crippen LogP contribution in [0.5, 0.6) is 0 Å². The number of nitrogens with one attached hydrogen (secondary N) is 1. The van der Waals surface area contributed by atoms with Crippen molar-refractivity contribution in [3.63, 3.8) is 0 Å². The summed E-state index contributed by atoms with van der Waals surface area (Å²) < 4.78 is 5.50. The standard InChI is InChI=1S/C15H25N3O2/c1-3-18(4-2)10-12-20-11-9-17-15(19)13-5-7-14(16)8-6-13/h5-8H,3-4,9-12,16H2,1-2H3,(H,17,19). The number of likely N-dealkylation sites (N-methyl/N-ethyl adjacent to an activating group) is 1. The topological polar surface area (TPSA) is 67.6 Å². The largest absolute Gasteiger partial charge is 0.399 e. The van der Waals surface area contributed by atoms with E-state index in [1.807, 2.05) is 0 Å². The SMILES string of the molecule is CCN(CC)CCOCCNC(=O)c1ccc(N)cc1. The van der Waals surface area contributed by atoms with Crippen molar-refractivity contribution in [1.29, 1.82) is 0 Å². The Morgan fingerprint density at radius 1 is 1.20 bits per heavy atom. The maximum Gasteiger partial charge on any atom is 0.251 e. The van der Waals surface area contributed by atoms with Crippen LogP contribution in [0.25, 0.3) is 0 Å². The Labute approximate surface area is 121 Å². The molecule has 1 aromatic rings. The van der Waals surface area contributed by atoms with Crippen molar-refractivity contribution in [2.75, 3.05) is 45.1 Å². The minimum atomic E-state index is -0.0997. The number of hydrogen-bond donors (Lipinski definition) is 2. The summed E-state index contributed by atoms with van der Waals surface area (Å²) in [5.41, 5.74) is 6.84. The molecule has 0 aliphatic carbocycles. The average molecular weight is 279 g/mol. The molecule has 5 nitrogen and oxygen atoms in total. The van der Waals surface area contributed by atoms with Crippen molar-refractivity contribution < 1.29 is 9.53 Å². The monoisotopic (exact) mass is 279 g/mol. The first-order valence-corrected chi connectivity index (χ1v) is 7.11. The Morgan fingerprint density at radius 2 is 1.85 bits per heavy atom. The minimum Gasteiger partial charge on any atom is -0.399 e. The molecule has 3 N–H and O–H groups in total. The molecule has 1 aromatic carbocycles. The lowest BCUT2D eigenvalue weighted by Gasteiger charge is -2.17. The van der Waals surface area contributed by atoms with Gasteiger partial charge in [0.25, 0.3) is 5.91 Å². The molecule has 0 aliphatic heterocycles. The van der Waals surface area contributed by atoms with Crippen LogP contribution in [0.15, 0.2) is 24.3 Å². The van der Waals surface area contributed by atoms with Crippen molar-refractivity contribution in [2.24, 2.45) is 0 Å². The van der Waals surface area contributed by atoms with Crippen molar-refractivity contribution >= 4 is 11.6 Å². The summed E-state index contributed by atoms with van der Waals surface area (Å²) in [6.45, 7) is 9.01. The van der Waals surface area contributed by atoms with E-state index in [0.717, 1.165) is 19.6 Å². The van der Waals surface area contributed by atoms with Gasteiger partial charge in [-0.05, 0) is 37.4 Å². The van der Waals surface area contributed by atoms with Gasteiger partial charge in [0, 0.05) is 24.3 Å². The van der Waals surface area contributed by atoms with Crippen LogP contribution in [0, 0.1) is 0 Å². The van der Waals surface area contributed by atoms with Gasteiger partial charge in [-0.1, -0.05) is 13.8 Å². The van der Waals surface area contributed by atoms with Gasteiger partial charge in [0.05, 0.1) is 13.2 Å². The molecule has 112 valence electrons. The highest BCUT2D eigenvalue weighted by atomic mass is 16.5. The van der Waals surface area contributed by atoms with Crippen LogP contribution in [0.3, 0.4) is 0 Å². The summed E-state index contributed by atoms with van der Waals surface area (Å²) in [5, 5.41) is 2.82. The zero-order valence-corrected chi connectivity index (χ0v) is 12.4. The van der Waals surface area contributed by atoms with Gasteiger partial charge in [0.15, 0.2) is 0 Å². The Balaban J connectivity index is 2.12. The second kappa shape index (κ2) is 9.34. The lowest BCUT2D eigenvalue weighted by molar-refractivity contribution is 0.0884. The van der Waals surface area contributed by atoms with Crippen LogP contribution in [0.2, 0.25) is 0 Å². The number of anilines is 1. The molecular weight excluding hydrogens is 254 g/mol. The first kappa shape index (κ1) is 16.5. The zero-order valence-electron chi connectivity index (χ0n) is 12.4. The number of amides is 1. The number of benzene rings is 1. The Morgan fingerprint density at radius 3 is 2.45 bits per heavy atom. The Kier molecular flexibility index (Phi) is 7.69. The van der Waals surface area contributed by atoms with Gasteiger partial charge in [-0.3, -0.25) is 4.79 Å². The van der Waals surface area contributed by atoms with Gasteiger partial charge in [0.1, 0.15) is 0 Å². The first-order chi connectivity index (χ1) is 9.67. The molecule has 0 fully saturated rings. The van der Waals surface area contributed by atoms with Gasteiger partial charge in [0.2, 0.25) is 0 Å². The molecule has 0 aliphatic rings. The van der Waals surface area contributed by atoms with Crippen molar-refractivity contribution in [3.05, 3.63) is 29.8 Å². The van der Waals surface area contributed by atoms with Crippen LogP contribution >= 0.6 is 0 Å². The van der Waals surface area contributed by atoms with Crippen molar-refractivity contribution in [3.8, 4) is 0 Å². The van der Waals surface area contributed by atoms with E-state index in [1.54, 1.807) is 24.3 Å². The van der Waals surface area contributed by atoms with E-state index >= 15 is 0 Å². The molecule has 0 spiro atoms. The quantitative estimate of drug-likeness (QED) is 0.529. The third kappa shape index (κ3) is 6.04. The summed E-state index contributed by atoms with van der Waals surface area (Å²) in [7, 11) is 0. The maximum absolute atomic E-state index is 11.8.